The van der Waals surface area contributed by atoms with Gasteiger partial charge in [0.2, 0.25) is 5.91 Å². The molecule has 0 aliphatic heterocycles. The van der Waals surface area contributed by atoms with E-state index in [0.29, 0.717) is 11.0 Å². The summed E-state index contributed by atoms with van der Waals surface area (Å²) in [5.41, 5.74) is 5.80. The number of oxazole rings is 1. The molecule has 33 heavy (non-hydrogen) atoms. The highest BCUT2D eigenvalue weighted by Crippen LogP contribution is 2.59. The molecule has 1 aromatic heterocycles. The van der Waals surface area contributed by atoms with Crippen LogP contribution in [0.3, 0.4) is 0 Å². The van der Waals surface area contributed by atoms with Crippen LogP contribution in [0.5, 0.6) is 5.75 Å². The van der Waals surface area contributed by atoms with Crippen molar-refractivity contribution in [1.29, 1.82) is 0 Å². The number of nitrogens with one attached hydrogen (secondary N) is 1. The lowest BCUT2D eigenvalue weighted by Gasteiger charge is -2.08. The van der Waals surface area contributed by atoms with Gasteiger partial charge in [0.15, 0.2) is 5.58 Å². The second kappa shape index (κ2) is 9.79. The van der Waals surface area contributed by atoms with Gasteiger partial charge < -0.3 is 9.15 Å². The van der Waals surface area contributed by atoms with Crippen LogP contribution in [0.15, 0.2) is 67.8 Å². The van der Waals surface area contributed by atoms with Gasteiger partial charge in [-0.2, -0.15) is 5.10 Å². The minimum atomic E-state index is -0.221. The summed E-state index contributed by atoms with van der Waals surface area (Å²) in [7, 11) is 1.63. The third-order valence-electron chi connectivity index (χ3n) is 5.82. The molecule has 0 saturated heterocycles. The van der Waals surface area contributed by atoms with Crippen LogP contribution >= 0.6 is 35.0 Å². The highest BCUT2D eigenvalue weighted by molar-refractivity contribution is 7.98. The molecular formula is C24H23Cl2N3O3S. The first-order valence-corrected chi connectivity index (χ1v) is 12.0. The molecule has 1 heterocycles. The lowest BCUT2D eigenvalue weighted by Crippen LogP contribution is -2.21. The molecule has 1 N–H and O–H groups in total. The lowest BCUT2D eigenvalue weighted by molar-refractivity contribution is -0.123. The minimum Gasteiger partial charge on any atom is -0.496 e. The Bertz CT molecular complexity index is 1200. The van der Waals surface area contributed by atoms with Crippen molar-refractivity contribution in [2.75, 3.05) is 7.11 Å². The van der Waals surface area contributed by atoms with E-state index in [9.17, 15) is 4.79 Å². The van der Waals surface area contributed by atoms with E-state index in [0.717, 1.165) is 28.0 Å². The summed E-state index contributed by atoms with van der Waals surface area (Å²) in [5, 5.41) is 4.73. The van der Waals surface area contributed by atoms with Gasteiger partial charge in [-0.05, 0) is 53.3 Å². The Morgan fingerprint density at radius 3 is 2.82 bits per heavy atom. The van der Waals surface area contributed by atoms with Crippen molar-refractivity contribution in [2.45, 2.75) is 24.8 Å². The quantitative estimate of drug-likeness (QED) is 0.226. The number of fused-ring (bicyclic) bond motifs is 1. The van der Waals surface area contributed by atoms with Crippen LogP contribution in [0.4, 0.5) is 0 Å². The summed E-state index contributed by atoms with van der Waals surface area (Å²) >= 11 is 13.0. The van der Waals surface area contributed by atoms with E-state index >= 15 is 0 Å². The van der Waals surface area contributed by atoms with E-state index in [4.69, 9.17) is 32.4 Å². The van der Waals surface area contributed by atoms with Crippen molar-refractivity contribution in [2.24, 2.45) is 22.4 Å². The Morgan fingerprint density at radius 2 is 2.09 bits per heavy atom. The summed E-state index contributed by atoms with van der Waals surface area (Å²) in [6, 6.07) is 13.4. The second-order valence-electron chi connectivity index (χ2n) is 8.32. The van der Waals surface area contributed by atoms with Crippen LogP contribution in [0.2, 0.25) is 0 Å². The molecule has 2 atom stereocenters. The third kappa shape index (κ3) is 5.37. The van der Waals surface area contributed by atoms with Crippen LogP contribution in [-0.2, 0) is 10.5 Å². The Morgan fingerprint density at radius 1 is 1.30 bits per heavy atom. The largest absolute Gasteiger partial charge is 0.496 e. The van der Waals surface area contributed by atoms with Gasteiger partial charge in [0.05, 0.1) is 19.2 Å². The number of benzene rings is 2. The number of aromatic nitrogens is 1. The predicted octanol–water partition coefficient (Wildman–Crippen LogP) is 6.17. The summed E-state index contributed by atoms with van der Waals surface area (Å²) in [4.78, 5) is 17.0. The number of para-hydroxylation sites is 2. The average Bonchev–Trinajstić information content (AvgIpc) is 3.11. The molecule has 1 fully saturated rings. The van der Waals surface area contributed by atoms with E-state index in [2.05, 4.69) is 15.5 Å². The predicted molar refractivity (Wildman–Crippen MR) is 133 cm³/mol. The molecule has 1 saturated carbocycles. The summed E-state index contributed by atoms with van der Waals surface area (Å²) in [6.45, 7) is 4.01. The minimum absolute atomic E-state index is 0.00540. The number of ether oxygens (including phenoxy) is 1. The average molecular weight is 504 g/mol. The smallest absolute Gasteiger partial charge is 0.257 e. The zero-order valence-electron chi connectivity index (χ0n) is 18.3. The number of nitrogens with zero attached hydrogens (tertiary/aromatic N) is 2. The Labute approximate surface area is 206 Å². The molecule has 0 bridgehead atoms. The topological polar surface area (TPSA) is 76.7 Å². The number of hydrazone groups is 1. The van der Waals surface area contributed by atoms with Gasteiger partial charge in [-0.1, -0.05) is 60.9 Å². The van der Waals surface area contributed by atoms with Crippen molar-refractivity contribution in [3.63, 3.8) is 0 Å². The Hall–Kier alpha value is -2.48. The first-order chi connectivity index (χ1) is 15.8. The van der Waals surface area contributed by atoms with E-state index in [1.54, 1.807) is 19.4 Å². The van der Waals surface area contributed by atoms with E-state index in [1.165, 1.54) is 11.8 Å². The van der Waals surface area contributed by atoms with Crippen LogP contribution in [-0.4, -0.2) is 24.2 Å². The molecule has 172 valence electrons. The summed E-state index contributed by atoms with van der Waals surface area (Å²) < 4.78 is 11.4. The van der Waals surface area contributed by atoms with Gasteiger partial charge in [0.1, 0.15) is 15.8 Å². The second-order valence-corrected chi connectivity index (χ2v) is 10.3. The third-order valence-corrected chi connectivity index (χ3v) is 6.95. The standard InChI is InChI=1S/C24H23Cl2N3O3S/c1-24(2)16(11-20(25)26)21(24)22(30)29-27-12-14-8-9-18(31-3)15(10-14)13-33-23-28-17-6-4-5-7-19(17)32-23/h4-12,16,21H,13H2,1-3H3,(H,29,30)/b27-12-/t16-,21+/m1/s1. The highest BCUT2D eigenvalue weighted by Gasteiger charge is 2.60. The number of thioether (sulfide) groups is 1. The van der Waals surface area contributed by atoms with Gasteiger partial charge in [0.25, 0.3) is 5.22 Å². The summed E-state index contributed by atoms with van der Waals surface area (Å²) in [5.74, 6) is 0.975. The molecule has 0 spiro atoms. The normalized spacial score (nSPS) is 18.9. The number of allylic oxidation sites excluding steroid dienone is 1. The first-order valence-electron chi connectivity index (χ1n) is 10.3. The number of amides is 1. The van der Waals surface area contributed by atoms with Gasteiger partial charge >= 0.3 is 0 Å². The maximum absolute atomic E-state index is 12.5. The zero-order valence-corrected chi connectivity index (χ0v) is 20.7. The molecule has 0 unspecified atom stereocenters. The number of methoxy groups -OCH3 is 1. The van der Waals surface area contributed by atoms with Gasteiger partial charge in [-0.15, -0.1) is 0 Å². The number of carbonyl (C=O) groups excluding carboxylic acids is 1. The number of hydrogen-bond acceptors (Lipinski definition) is 6. The van der Waals surface area contributed by atoms with Gasteiger partial charge in [-0.25, -0.2) is 10.4 Å². The van der Waals surface area contributed by atoms with Crippen LogP contribution in [0.1, 0.15) is 25.0 Å². The van der Waals surface area contributed by atoms with E-state index < -0.39 is 0 Å². The molecule has 9 heteroatoms. The fourth-order valence-electron chi connectivity index (χ4n) is 3.91. The molecule has 6 nitrogen and oxygen atoms in total. The highest BCUT2D eigenvalue weighted by atomic mass is 35.5. The molecule has 4 rings (SSSR count). The maximum atomic E-state index is 12.5. The fourth-order valence-corrected chi connectivity index (χ4v) is 5.00. The van der Waals surface area contributed by atoms with Crippen LogP contribution in [0, 0.1) is 17.3 Å². The molecule has 3 aromatic rings. The van der Waals surface area contributed by atoms with E-state index in [-0.39, 0.29) is 27.6 Å². The monoisotopic (exact) mass is 503 g/mol. The molecular weight excluding hydrogens is 481 g/mol. The van der Waals surface area contributed by atoms with Gasteiger partial charge in [0, 0.05) is 11.3 Å². The van der Waals surface area contributed by atoms with E-state index in [1.807, 2.05) is 56.3 Å². The Kier molecular flexibility index (Phi) is 7.02. The van der Waals surface area contributed by atoms with Gasteiger partial charge in [-0.3, -0.25) is 4.79 Å². The molecule has 0 radical (unpaired) electrons. The lowest BCUT2D eigenvalue weighted by atomic mass is 10.1. The van der Waals surface area contributed by atoms with Crippen molar-refractivity contribution in [3.8, 4) is 5.75 Å². The molecule has 1 aliphatic rings. The fraction of sp³-hybridized carbons (Fsp3) is 0.292. The Balaban J connectivity index is 1.40. The number of rotatable bonds is 8. The van der Waals surface area contributed by atoms with Crippen LogP contribution < -0.4 is 10.2 Å². The van der Waals surface area contributed by atoms with Crippen molar-refractivity contribution < 1.29 is 13.9 Å². The van der Waals surface area contributed by atoms with Crippen LogP contribution in [0.25, 0.3) is 11.1 Å². The van der Waals surface area contributed by atoms with Crippen molar-refractivity contribution in [3.05, 3.63) is 64.2 Å². The number of hydrogen-bond donors (Lipinski definition) is 1. The molecule has 1 amide bonds. The molecule has 1 aliphatic carbocycles. The number of carbonyl (C=O) groups is 1. The SMILES string of the molecule is COc1ccc(/C=N\NC(=O)[C@@H]2[C@@H](C=C(Cl)Cl)C2(C)C)cc1CSc1nc2ccccc2o1. The summed E-state index contributed by atoms with van der Waals surface area (Å²) in [6.07, 6.45) is 3.32. The van der Waals surface area contributed by atoms with Crippen molar-refractivity contribution >= 4 is 58.2 Å². The number of halogens is 2. The molecule has 2 aromatic carbocycles. The maximum Gasteiger partial charge on any atom is 0.257 e. The first kappa shape index (κ1) is 23.7. The van der Waals surface area contributed by atoms with Crippen molar-refractivity contribution in [1.82, 2.24) is 10.4 Å². The zero-order chi connectivity index (χ0) is 23.6.